The molecule has 174 valence electrons. The van der Waals surface area contributed by atoms with Gasteiger partial charge in [-0.05, 0) is 51.4 Å². The monoisotopic (exact) mass is 446 g/mol. The number of rotatable bonds is 6. The summed E-state index contributed by atoms with van der Waals surface area (Å²) in [6, 6.07) is 10.6. The summed E-state index contributed by atoms with van der Waals surface area (Å²) in [5.41, 5.74) is 7.01. The second-order valence-electron chi connectivity index (χ2n) is 8.79. The highest BCUT2D eigenvalue weighted by atomic mass is 16.5. The fourth-order valence-corrected chi connectivity index (χ4v) is 4.53. The molecule has 2 heterocycles. The minimum atomic E-state index is 0.0643. The maximum absolute atomic E-state index is 13.0. The van der Waals surface area contributed by atoms with Crippen LogP contribution >= 0.6 is 0 Å². The Labute approximate surface area is 196 Å². The molecule has 2 aromatic carbocycles. The van der Waals surface area contributed by atoms with Gasteiger partial charge in [-0.1, -0.05) is 36.8 Å². The van der Waals surface area contributed by atoms with Gasteiger partial charge in [0.05, 0.1) is 12.9 Å². The van der Waals surface area contributed by atoms with E-state index in [0.29, 0.717) is 6.61 Å². The van der Waals surface area contributed by atoms with Crippen molar-refractivity contribution in [3.05, 3.63) is 59.4 Å². The topological polar surface area (TPSA) is 45.9 Å². The number of aryl methyl sites for hydroxylation is 2. The van der Waals surface area contributed by atoms with E-state index in [4.69, 9.17) is 9.15 Å². The second kappa shape index (κ2) is 9.84. The fourth-order valence-electron chi connectivity index (χ4n) is 4.53. The number of hydrogen-bond acceptors (Lipinski definition) is 4. The Kier molecular flexibility index (Phi) is 6.89. The third kappa shape index (κ3) is 4.69. The van der Waals surface area contributed by atoms with Crippen LogP contribution in [-0.2, 0) is 4.79 Å². The van der Waals surface area contributed by atoms with Crippen molar-refractivity contribution in [2.75, 3.05) is 39.3 Å². The average molecular weight is 447 g/mol. The smallest absolute Gasteiger partial charge is 0.246 e. The Hall–Kier alpha value is -3.05. The predicted molar refractivity (Wildman–Crippen MR) is 135 cm³/mol. The first-order valence-electron chi connectivity index (χ1n) is 11.9. The highest BCUT2D eigenvalue weighted by Crippen LogP contribution is 2.40. The summed E-state index contributed by atoms with van der Waals surface area (Å²) in [5, 5.41) is 1.03. The number of likely N-dealkylation sites (N-methyl/N-ethyl adjacent to an activating group) is 1. The summed E-state index contributed by atoms with van der Waals surface area (Å²) in [5.74, 6) is 0.849. The summed E-state index contributed by atoms with van der Waals surface area (Å²) < 4.78 is 12.1. The molecule has 33 heavy (non-hydrogen) atoms. The molecular weight excluding hydrogens is 412 g/mol. The van der Waals surface area contributed by atoms with E-state index < -0.39 is 0 Å². The minimum Gasteiger partial charge on any atom is -0.493 e. The zero-order valence-electron chi connectivity index (χ0n) is 20.4. The summed E-state index contributed by atoms with van der Waals surface area (Å²) in [7, 11) is 0. The van der Waals surface area contributed by atoms with Crippen LogP contribution in [0.5, 0.6) is 5.75 Å². The first-order chi connectivity index (χ1) is 15.9. The molecule has 1 saturated heterocycles. The van der Waals surface area contributed by atoms with Crippen LogP contribution in [0.4, 0.5) is 0 Å². The van der Waals surface area contributed by atoms with Crippen molar-refractivity contribution in [3.63, 3.8) is 0 Å². The largest absolute Gasteiger partial charge is 0.493 e. The molecule has 4 rings (SSSR count). The van der Waals surface area contributed by atoms with Gasteiger partial charge in [-0.3, -0.25) is 4.79 Å². The van der Waals surface area contributed by atoms with Gasteiger partial charge >= 0.3 is 0 Å². The fraction of sp³-hybridized carbons (Fsp3) is 0.393. The van der Waals surface area contributed by atoms with Gasteiger partial charge in [0, 0.05) is 54.3 Å². The van der Waals surface area contributed by atoms with Crippen LogP contribution in [0.25, 0.3) is 27.7 Å². The highest BCUT2D eigenvalue weighted by Gasteiger charge is 2.22. The summed E-state index contributed by atoms with van der Waals surface area (Å²) in [4.78, 5) is 17.3. The van der Waals surface area contributed by atoms with Crippen LogP contribution in [0.15, 0.2) is 47.1 Å². The lowest BCUT2D eigenvalue weighted by Gasteiger charge is -2.33. The van der Waals surface area contributed by atoms with Crippen molar-refractivity contribution in [2.24, 2.45) is 0 Å². The molecule has 0 spiro atoms. The SMILES string of the molecule is CCOc1c(/C(C)=C/C(=O)N2CCN(CC)CC2)cc2c(-c3ccc(C)cc3)coc2c1C. The van der Waals surface area contributed by atoms with Crippen LogP contribution < -0.4 is 4.74 Å². The summed E-state index contributed by atoms with van der Waals surface area (Å²) >= 11 is 0. The average Bonchev–Trinajstić information content (AvgIpc) is 3.25. The molecule has 5 nitrogen and oxygen atoms in total. The summed E-state index contributed by atoms with van der Waals surface area (Å²) in [6.07, 6.45) is 3.58. The Morgan fingerprint density at radius 3 is 2.42 bits per heavy atom. The number of nitrogens with zero attached hydrogens (tertiary/aromatic N) is 2. The lowest BCUT2D eigenvalue weighted by Crippen LogP contribution is -2.48. The van der Waals surface area contributed by atoms with Gasteiger partial charge in [-0.25, -0.2) is 0 Å². The number of benzene rings is 2. The number of amides is 1. The van der Waals surface area contributed by atoms with Crippen molar-refractivity contribution in [2.45, 2.75) is 34.6 Å². The molecule has 0 radical (unpaired) electrons. The van der Waals surface area contributed by atoms with Crippen molar-refractivity contribution >= 4 is 22.4 Å². The Morgan fingerprint density at radius 1 is 1.09 bits per heavy atom. The highest BCUT2D eigenvalue weighted by molar-refractivity contribution is 6.01. The molecule has 1 aromatic heterocycles. The maximum atomic E-state index is 13.0. The van der Waals surface area contributed by atoms with Gasteiger partial charge in [-0.2, -0.15) is 0 Å². The molecule has 0 aliphatic carbocycles. The molecule has 1 fully saturated rings. The van der Waals surface area contributed by atoms with Crippen molar-refractivity contribution < 1.29 is 13.9 Å². The van der Waals surface area contributed by atoms with Gasteiger partial charge in [0.1, 0.15) is 11.3 Å². The molecule has 0 bridgehead atoms. The number of fused-ring (bicyclic) bond motifs is 1. The number of hydrogen-bond donors (Lipinski definition) is 0. The van der Waals surface area contributed by atoms with E-state index in [9.17, 15) is 4.79 Å². The van der Waals surface area contributed by atoms with Crippen LogP contribution in [0, 0.1) is 13.8 Å². The standard InChI is InChI=1S/C28H34N2O3/c1-6-29-12-14-30(15-13-29)26(31)16-20(4)23-17-24-25(22-10-8-19(3)9-11-22)18-33-28(24)21(5)27(23)32-7-2/h8-11,16-18H,6-7,12-15H2,1-5H3/b20-16+. The molecule has 0 saturated carbocycles. The van der Waals surface area contributed by atoms with Crippen LogP contribution in [-0.4, -0.2) is 55.0 Å². The Bertz CT molecular complexity index is 1170. The molecule has 0 N–H and O–H groups in total. The lowest BCUT2D eigenvalue weighted by atomic mass is 9.96. The number of carbonyl (C=O) groups excluding carboxylic acids is 1. The van der Waals surface area contributed by atoms with Gasteiger partial charge in [0.25, 0.3) is 0 Å². The Morgan fingerprint density at radius 2 is 1.79 bits per heavy atom. The van der Waals surface area contributed by atoms with E-state index >= 15 is 0 Å². The van der Waals surface area contributed by atoms with Crippen LogP contribution in [0.1, 0.15) is 37.5 Å². The van der Waals surface area contributed by atoms with Gasteiger partial charge in [0.2, 0.25) is 5.91 Å². The van der Waals surface area contributed by atoms with E-state index in [2.05, 4.69) is 49.1 Å². The quantitative estimate of drug-likeness (QED) is 0.457. The van der Waals surface area contributed by atoms with Crippen molar-refractivity contribution in [1.82, 2.24) is 9.80 Å². The molecule has 1 aliphatic rings. The third-order valence-electron chi connectivity index (χ3n) is 6.59. The van der Waals surface area contributed by atoms with Crippen molar-refractivity contribution in [3.8, 4) is 16.9 Å². The predicted octanol–water partition coefficient (Wildman–Crippen LogP) is 5.68. The maximum Gasteiger partial charge on any atom is 0.246 e. The molecule has 5 heteroatoms. The normalized spacial score (nSPS) is 15.3. The molecular formula is C28H34N2O3. The first-order valence-corrected chi connectivity index (χ1v) is 11.9. The van der Waals surface area contributed by atoms with E-state index in [1.54, 1.807) is 6.08 Å². The first kappa shape index (κ1) is 23.1. The van der Waals surface area contributed by atoms with Gasteiger partial charge < -0.3 is 19.0 Å². The van der Waals surface area contributed by atoms with Gasteiger partial charge in [0.15, 0.2) is 0 Å². The number of ether oxygens (including phenoxy) is 1. The van der Waals surface area contributed by atoms with Gasteiger partial charge in [-0.15, -0.1) is 0 Å². The number of piperazine rings is 1. The van der Waals surface area contributed by atoms with E-state index in [-0.39, 0.29) is 5.91 Å². The summed E-state index contributed by atoms with van der Waals surface area (Å²) in [6.45, 7) is 15.2. The van der Waals surface area contributed by atoms with Crippen LogP contribution in [0.3, 0.4) is 0 Å². The zero-order chi connectivity index (χ0) is 23.5. The third-order valence-corrected chi connectivity index (χ3v) is 6.59. The van der Waals surface area contributed by atoms with Crippen LogP contribution in [0.2, 0.25) is 0 Å². The molecule has 1 amide bonds. The van der Waals surface area contributed by atoms with Crippen molar-refractivity contribution in [1.29, 1.82) is 0 Å². The molecule has 0 atom stereocenters. The number of furan rings is 1. The van der Waals surface area contributed by atoms with E-state index in [0.717, 1.165) is 77.3 Å². The molecule has 1 aliphatic heterocycles. The molecule has 0 unspecified atom stereocenters. The molecule has 3 aromatic rings. The number of carbonyl (C=O) groups is 1. The number of allylic oxidation sites excluding steroid dienone is 1. The van der Waals surface area contributed by atoms with E-state index in [1.807, 2.05) is 31.9 Å². The second-order valence-corrected chi connectivity index (χ2v) is 8.79. The van der Waals surface area contributed by atoms with E-state index in [1.165, 1.54) is 5.56 Å². The Balaban J connectivity index is 1.74. The zero-order valence-corrected chi connectivity index (χ0v) is 20.4. The minimum absolute atomic E-state index is 0.0643. The lowest BCUT2D eigenvalue weighted by molar-refractivity contribution is -0.127.